The van der Waals surface area contributed by atoms with Crippen molar-refractivity contribution in [3.63, 3.8) is 0 Å². The highest BCUT2D eigenvalue weighted by molar-refractivity contribution is 7.11. The van der Waals surface area contributed by atoms with E-state index >= 15 is 0 Å². The molecule has 0 saturated carbocycles. The van der Waals surface area contributed by atoms with Gasteiger partial charge in [0.25, 0.3) is 0 Å². The Kier molecular flexibility index (Phi) is 3.47. The summed E-state index contributed by atoms with van der Waals surface area (Å²) in [6.45, 7) is 5.06. The minimum absolute atomic E-state index is 0.279. The minimum atomic E-state index is 0.279. The molecule has 114 valence electrons. The third-order valence-corrected chi connectivity index (χ3v) is 5.66. The lowest BCUT2D eigenvalue weighted by Crippen LogP contribution is -2.18. The Labute approximate surface area is 134 Å². The largest absolute Gasteiger partial charge is 0.304 e. The maximum atomic E-state index is 4.79. The molecule has 1 N–H and O–H groups in total. The number of aryl methyl sites for hydroxylation is 3. The van der Waals surface area contributed by atoms with Crippen LogP contribution in [0.5, 0.6) is 0 Å². The molecule has 5 heteroatoms. The highest BCUT2D eigenvalue weighted by Crippen LogP contribution is 2.30. The van der Waals surface area contributed by atoms with E-state index in [1.165, 1.54) is 34.1 Å². The quantitative estimate of drug-likeness (QED) is 0.802. The van der Waals surface area contributed by atoms with E-state index in [2.05, 4.69) is 46.9 Å². The molecule has 1 aliphatic rings. The molecular weight excluding hydrogens is 292 g/mol. The fourth-order valence-corrected chi connectivity index (χ4v) is 4.20. The van der Waals surface area contributed by atoms with Crippen LogP contribution in [0.1, 0.15) is 46.4 Å². The first kappa shape index (κ1) is 13.9. The van der Waals surface area contributed by atoms with Crippen LogP contribution in [0.15, 0.2) is 24.4 Å². The Morgan fingerprint density at radius 3 is 3.05 bits per heavy atom. The molecule has 3 heterocycles. The smallest absolute Gasteiger partial charge is 0.137 e. The summed E-state index contributed by atoms with van der Waals surface area (Å²) in [5.74, 6) is 0. The van der Waals surface area contributed by atoms with Crippen molar-refractivity contribution in [1.29, 1.82) is 0 Å². The number of nitrogens with one attached hydrogen (secondary N) is 1. The summed E-state index contributed by atoms with van der Waals surface area (Å²) < 4.78 is 2.14. The van der Waals surface area contributed by atoms with Crippen molar-refractivity contribution < 1.29 is 0 Å². The average Bonchev–Trinajstić information content (AvgIpc) is 3.18. The molecule has 4 rings (SSSR count). The summed E-state index contributed by atoms with van der Waals surface area (Å²) in [6.07, 6.45) is 5.76. The maximum absolute atomic E-state index is 4.79. The molecule has 3 aromatic heterocycles. The van der Waals surface area contributed by atoms with Crippen molar-refractivity contribution in [2.45, 2.75) is 45.7 Å². The molecule has 0 spiro atoms. The van der Waals surface area contributed by atoms with Crippen LogP contribution in [0.3, 0.4) is 0 Å². The molecule has 1 atom stereocenters. The van der Waals surface area contributed by atoms with E-state index in [1.54, 1.807) is 0 Å². The van der Waals surface area contributed by atoms with Gasteiger partial charge in [-0.2, -0.15) is 0 Å². The molecule has 0 fully saturated rings. The highest BCUT2D eigenvalue weighted by Gasteiger charge is 2.19. The first-order chi connectivity index (χ1) is 10.7. The van der Waals surface area contributed by atoms with Crippen LogP contribution in [0.4, 0.5) is 0 Å². The maximum Gasteiger partial charge on any atom is 0.137 e. The second kappa shape index (κ2) is 5.48. The zero-order valence-electron chi connectivity index (χ0n) is 13.0. The van der Waals surface area contributed by atoms with E-state index in [0.29, 0.717) is 0 Å². The normalized spacial score (nSPS) is 15.4. The van der Waals surface area contributed by atoms with E-state index in [4.69, 9.17) is 4.98 Å². The Morgan fingerprint density at radius 1 is 1.32 bits per heavy atom. The number of nitrogens with zero attached hydrogens (tertiary/aromatic N) is 3. The van der Waals surface area contributed by atoms with Gasteiger partial charge in [0.2, 0.25) is 0 Å². The summed E-state index contributed by atoms with van der Waals surface area (Å²) in [5.41, 5.74) is 4.63. The molecule has 0 saturated heterocycles. The number of hydrogen-bond acceptors (Lipinski definition) is 4. The van der Waals surface area contributed by atoms with Crippen molar-refractivity contribution >= 4 is 17.0 Å². The summed E-state index contributed by atoms with van der Waals surface area (Å²) in [5, 5.41) is 4.77. The van der Waals surface area contributed by atoms with Gasteiger partial charge in [0.15, 0.2) is 0 Å². The standard InChI is InChI=1S/C17H20N4S/c1-11-5-3-8-16-19-13(10-21(11)16)9-18-12(2)17-20-14-6-4-7-15(14)22-17/h3,5,8,10,12,18H,4,6-7,9H2,1-2H3/t12-/m1/s1. The molecule has 0 amide bonds. The van der Waals surface area contributed by atoms with Gasteiger partial charge in [0.05, 0.1) is 17.4 Å². The van der Waals surface area contributed by atoms with Crippen molar-refractivity contribution in [2.24, 2.45) is 0 Å². The lowest BCUT2D eigenvalue weighted by atomic mass is 10.3. The summed E-state index contributed by atoms with van der Waals surface area (Å²) in [6, 6.07) is 6.48. The fraction of sp³-hybridized carbons (Fsp3) is 0.412. The summed E-state index contributed by atoms with van der Waals surface area (Å²) in [7, 11) is 0. The number of aromatic nitrogens is 3. The average molecular weight is 312 g/mol. The topological polar surface area (TPSA) is 42.2 Å². The van der Waals surface area contributed by atoms with Crippen LogP contribution in [0.2, 0.25) is 0 Å². The minimum Gasteiger partial charge on any atom is -0.304 e. The Hall–Kier alpha value is -1.72. The highest BCUT2D eigenvalue weighted by atomic mass is 32.1. The third-order valence-electron chi connectivity index (χ3n) is 4.32. The van der Waals surface area contributed by atoms with Crippen LogP contribution in [0, 0.1) is 6.92 Å². The first-order valence-corrected chi connectivity index (χ1v) is 8.68. The van der Waals surface area contributed by atoms with E-state index in [-0.39, 0.29) is 6.04 Å². The molecule has 3 aromatic rings. The zero-order valence-corrected chi connectivity index (χ0v) is 13.8. The van der Waals surface area contributed by atoms with Crippen molar-refractivity contribution in [3.8, 4) is 0 Å². The molecule has 0 aromatic carbocycles. The molecule has 0 bridgehead atoms. The van der Waals surface area contributed by atoms with E-state index in [1.807, 2.05) is 17.4 Å². The van der Waals surface area contributed by atoms with E-state index in [9.17, 15) is 0 Å². The summed E-state index contributed by atoms with van der Waals surface area (Å²) in [4.78, 5) is 11.0. The Bertz CT molecular complexity index is 796. The van der Waals surface area contributed by atoms with Crippen molar-refractivity contribution in [2.75, 3.05) is 0 Å². The predicted octanol–water partition coefficient (Wildman–Crippen LogP) is 3.44. The predicted molar refractivity (Wildman–Crippen MR) is 89.3 cm³/mol. The first-order valence-electron chi connectivity index (χ1n) is 7.86. The van der Waals surface area contributed by atoms with Gasteiger partial charge in [0, 0.05) is 23.3 Å². The van der Waals surface area contributed by atoms with Gasteiger partial charge in [-0.15, -0.1) is 11.3 Å². The van der Waals surface area contributed by atoms with Gasteiger partial charge in [-0.3, -0.25) is 0 Å². The molecule has 0 radical (unpaired) electrons. The second-order valence-corrected chi connectivity index (χ2v) is 7.12. The number of pyridine rings is 1. The van der Waals surface area contributed by atoms with Gasteiger partial charge in [-0.25, -0.2) is 9.97 Å². The van der Waals surface area contributed by atoms with Crippen molar-refractivity contribution in [1.82, 2.24) is 19.7 Å². The van der Waals surface area contributed by atoms with Crippen molar-refractivity contribution in [3.05, 3.63) is 51.4 Å². The monoisotopic (exact) mass is 312 g/mol. The van der Waals surface area contributed by atoms with Gasteiger partial charge in [-0.1, -0.05) is 6.07 Å². The number of thiazole rings is 1. The van der Waals surface area contributed by atoms with E-state index in [0.717, 1.165) is 24.3 Å². The summed E-state index contributed by atoms with van der Waals surface area (Å²) >= 11 is 1.87. The number of fused-ring (bicyclic) bond motifs is 2. The second-order valence-electron chi connectivity index (χ2n) is 6.01. The molecular formula is C17H20N4S. The molecule has 1 aliphatic carbocycles. The lowest BCUT2D eigenvalue weighted by molar-refractivity contribution is 0.565. The third kappa shape index (κ3) is 2.44. The van der Waals surface area contributed by atoms with Crippen LogP contribution in [0.25, 0.3) is 5.65 Å². The van der Waals surface area contributed by atoms with Gasteiger partial charge < -0.3 is 9.72 Å². The van der Waals surface area contributed by atoms with Crippen LogP contribution in [-0.2, 0) is 19.4 Å². The molecule has 4 nitrogen and oxygen atoms in total. The van der Waals surface area contributed by atoms with Crippen LogP contribution < -0.4 is 5.32 Å². The van der Waals surface area contributed by atoms with E-state index < -0.39 is 0 Å². The van der Waals surface area contributed by atoms with Gasteiger partial charge in [0.1, 0.15) is 10.7 Å². The SMILES string of the molecule is Cc1cccc2nc(CN[C@H](C)c3nc4c(s3)CCC4)cn12. The molecule has 22 heavy (non-hydrogen) atoms. The van der Waals surface area contributed by atoms with Gasteiger partial charge in [-0.05, 0) is 45.2 Å². The molecule has 0 aliphatic heterocycles. The number of rotatable bonds is 4. The number of imidazole rings is 1. The Morgan fingerprint density at radius 2 is 2.23 bits per heavy atom. The number of hydrogen-bond donors (Lipinski definition) is 1. The van der Waals surface area contributed by atoms with Gasteiger partial charge >= 0.3 is 0 Å². The van der Waals surface area contributed by atoms with Crippen LogP contribution >= 0.6 is 11.3 Å². The fourth-order valence-electron chi connectivity index (χ4n) is 3.02. The zero-order chi connectivity index (χ0) is 15.1. The lowest BCUT2D eigenvalue weighted by Gasteiger charge is -2.09. The van der Waals surface area contributed by atoms with Crippen LogP contribution in [-0.4, -0.2) is 14.4 Å². The molecule has 0 unspecified atom stereocenters. The Balaban J connectivity index is 1.47.